The van der Waals surface area contributed by atoms with E-state index in [1.54, 1.807) is 6.92 Å². The second-order valence-corrected chi connectivity index (χ2v) is 3.92. The minimum Gasteiger partial charge on any atom is -0.322 e. The first-order chi connectivity index (χ1) is 6.93. The zero-order valence-electron chi connectivity index (χ0n) is 9.97. The number of carbonyl (C=O) groups is 1. The van der Waals surface area contributed by atoms with Gasteiger partial charge in [0.2, 0.25) is 5.91 Å². The van der Waals surface area contributed by atoms with Gasteiger partial charge >= 0.3 is 0 Å². The molecule has 0 aromatic rings. The topological polar surface area (TPSA) is 81.1 Å². The van der Waals surface area contributed by atoms with E-state index >= 15 is 0 Å². The van der Waals surface area contributed by atoms with Crippen molar-refractivity contribution in [1.82, 2.24) is 5.32 Å². The van der Waals surface area contributed by atoms with E-state index in [0.717, 1.165) is 19.3 Å². The predicted octanol–water partition coefficient (Wildman–Crippen LogP) is 1.22. The van der Waals surface area contributed by atoms with Gasteiger partial charge in [-0.1, -0.05) is 32.8 Å². The molecule has 0 saturated carbocycles. The van der Waals surface area contributed by atoms with Crippen LogP contribution in [0.4, 0.5) is 0 Å². The zero-order valence-corrected chi connectivity index (χ0v) is 9.97. The smallest absolute Gasteiger partial charge is 0.249 e. The van der Waals surface area contributed by atoms with Crippen LogP contribution in [0.15, 0.2) is 11.6 Å². The van der Waals surface area contributed by atoms with E-state index in [1.165, 1.54) is 0 Å². The van der Waals surface area contributed by atoms with Crippen LogP contribution in [0.25, 0.3) is 0 Å². The number of carbonyl (C=O) groups excluding carboxylic acids is 1. The van der Waals surface area contributed by atoms with Crippen molar-refractivity contribution in [3.63, 3.8) is 0 Å². The number of amides is 1. The molecule has 88 valence electrons. The van der Waals surface area contributed by atoms with Crippen molar-refractivity contribution in [2.24, 2.45) is 11.5 Å². The number of nitrogens with one attached hydrogen (secondary N) is 1. The molecule has 0 rings (SSSR count). The Bertz CT molecular complexity index is 234. The van der Waals surface area contributed by atoms with E-state index in [4.69, 9.17) is 11.5 Å². The van der Waals surface area contributed by atoms with E-state index in [9.17, 15) is 4.79 Å². The first-order valence-electron chi connectivity index (χ1n) is 5.50. The third-order valence-electron chi connectivity index (χ3n) is 2.11. The lowest BCUT2D eigenvalue weighted by Gasteiger charge is -2.25. The highest BCUT2D eigenvalue weighted by Gasteiger charge is 2.20. The highest BCUT2D eigenvalue weighted by Crippen LogP contribution is 2.02. The number of rotatable bonds is 6. The summed E-state index contributed by atoms with van der Waals surface area (Å²) in [6.07, 6.45) is 5.23. The van der Waals surface area contributed by atoms with Crippen molar-refractivity contribution in [3.8, 4) is 0 Å². The second-order valence-electron chi connectivity index (χ2n) is 3.92. The van der Waals surface area contributed by atoms with Gasteiger partial charge < -0.3 is 5.32 Å². The molecule has 4 nitrogen and oxygen atoms in total. The SMILES string of the molecule is CCC/C=C(\C)C(=O)NC(N)(N)CCC. The predicted molar refractivity (Wildman–Crippen MR) is 62.8 cm³/mol. The number of hydrogen-bond donors (Lipinski definition) is 3. The molecule has 0 fully saturated rings. The molecular weight excluding hydrogens is 190 g/mol. The lowest BCUT2D eigenvalue weighted by Crippen LogP contribution is -2.63. The van der Waals surface area contributed by atoms with Crippen LogP contribution >= 0.6 is 0 Å². The van der Waals surface area contributed by atoms with Crippen LogP contribution in [0.2, 0.25) is 0 Å². The summed E-state index contributed by atoms with van der Waals surface area (Å²) in [6.45, 7) is 5.81. The van der Waals surface area contributed by atoms with Gasteiger partial charge in [0.1, 0.15) is 5.79 Å². The van der Waals surface area contributed by atoms with E-state index < -0.39 is 5.79 Å². The maximum Gasteiger partial charge on any atom is 0.249 e. The largest absolute Gasteiger partial charge is 0.322 e. The molecule has 15 heavy (non-hydrogen) atoms. The summed E-state index contributed by atoms with van der Waals surface area (Å²) in [7, 11) is 0. The minimum absolute atomic E-state index is 0.179. The van der Waals surface area contributed by atoms with Crippen molar-refractivity contribution < 1.29 is 4.79 Å². The highest BCUT2D eigenvalue weighted by atomic mass is 16.2. The minimum atomic E-state index is -1.09. The Morgan fingerprint density at radius 3 is 2.40 bits per heavy atom. The molecule has 0 aromatic heterocycles. The number of hydrogen-bond acceptors (Lipinski definition) is 3. The normalized spacial score (nSPS) is 12.7. The molecule has 0 aliphatic rings. The van der Waals surface area contributed by atoms with E-state index in [1.807, 2.05) is 13.0 Å². The summed E-state index contributed by atoms with van der Waals surface area (Å²) in [6, 6.07) is 0. The fourth-order valence-electron chi connectivity index (χ4n) is 1.24. The maximum absolute atomic E-state index is 11.6. The Kier molecular flexibility index (Phi) is 6.20. The van der Waals surface area contributed by atoms with Crippen molar-refractivity contribution >= 4 is 5.91 Å². The molecule has 0 unspecified atom stereocenters. The van der Waals surface area contributed by atoms with E-state index in [0.29, 0.717) is 12.0 Å². The standard InChI is InChI=1S/C11H23N3O/c1-4-6-7-9(3)10(15)14-11(12,13)8-5-2/h7H,4-6,8,12-13H2,1-3H3,(H,14,15)/b9-7+. The van der Waals surface area contributed by atoms with Gasteiger partial charge in [0.15, 0.2) is 0 Å². The second kappa shape index (κ2) is 6.58. The lowest BCUT2D eigenvalue weighted by atomic mass is 10.1. The monoisotopic (exact) mass is 213 g/mol. The Morgan fingerprint density at radius 1 is 1.33 bits per heavy atom. The quantitative estimate of drug-likeness (QED) is 0.458. The lowest BCUT2D eigenvalue weighted by molar-refractivity contribution is -0.119. The van der Waals surface area contributed by atoms with Gasteiger partial charge in [-0.15, -0.1) is 0 Å². The highest BCUT2D eigenvalue weighted by molar-refractivity contribution is 5.93. The first-order valence-corrected chi connectivity index (χ1v) is 5.50. The number of nitrogens with two attached hydrogens (primary N) is 2. The van der Waals surface area contributed by atoms with Crippen LogP contribution in [-0.4, -0.2) is 11.7 Å². The number of unbranched alkanes of at least 4 members (excludes halogenated alkanes) is 1. The fourth-order valence-corrected chi connectivity index (χ4v) is 1.24. The summed E-state index contributed by atoms with van der Waals surface area (Å²) in [5.74, 6) is -1.27. The van der Waals surface area contributed by atoms with Crippen LogP contribution in [0.1, 0.15) is 46.5 Å². The molecule has 5 N–H and O–H groups in total. The number of allylic oxidation sites excluding steroid dienone is 1. The average molecular weight is 213 g/mol. The summed E-state index contributed by atoms with van der Waals surface area (Å²) in [5.41, 5.74) is 12.1. The molecule has 1 amide bonds. The van der Waals surface area contributed by atoms with Crippen LogP contribution in [0.3, 0.4) is 0 Å². The van der Waals surface area contributed by atoms with Crippen molar-refractivity contribution in [2.75, 3.05) is 0 Å². The maximum atomic E-state index is 11.6. The molecule has 0 saturated heterocycles. The van der Waals surface area contributed by atoms with Gasteiger partial charge in [0.25, 0.3) is 0 Å². The Hall–Kier alpha value is -0.870. The Labute approximate surface area is 92.1 Å². The third kappa shape index (κ3) is 6.25. The average Bonchev–Trinajstić information content (AvgIpc) is 2.13. The zero-order chi connectivity index (χ0) is 11.9. The van der Waals surface area contributed by atoms with E-state index in [-0.39, 0.29) is 5.91 Å². The molecule has 0 bridgehead atoms. The van der Waals surface area contributed by atoms with Crippen molar-refractivity contribution in [2.45, 2.75) is 52.2 Å². The van der Waals surface area contributed by atoms with Gasteiger partial charge in [-0.25, -0.2) is 0 Å². The summed E-state index contributed by atoms with van der Waals surface area (Å²) >= 11 is 0. The third-order valence-corrected chi connectivity index (χ3v) is 2.11. The summed E-state index contributed by atoms with van der Waals surface area (Å²) in [4.78, 5) is 11.6. The van der Waals surface area contributed by atoms with Gasteiger partial charge in [-0.3, -0.25) is 16.3 Å². The van der Waals surface area contributed by atoms with Crippen LogP contribution in [-0.2, 0) is 4.79 Å². The Morgan fingerprint density at radius 2 is 1.93 bits per heavy atom. The molecule has 0 radical (unpaired) electrons. The van der Waals surface area contributed by atoms with Gasteiger partial charge in [0, 0.05) is 5.57 Å². The van der Waals surface area contributed by atoms with Gasteiger partial charge in [0.05, 0.1) is 0 Å². The molecular formula is C11H23N3O. The first kappa shape index (κ1) is 14.1. The van der Waals surface area contributed by atoms with Crippen molar-refractivity contribution in [1.29, 1.82) is 0 Å². The molecule has 0 aromatic carbocycles. The fraction of sp³-hybridized carbons (Fsp3) is 0.727. The molecule has 4 heteroatoms. The van der Waals surface area contributed by atoms with Crippen LogP contribution < -0.4 is 16.8 Å². The van der Waals surface area contributed by atoms with Crippen LogP contribution in [0.5, 0.6) is 0 Å². The molecule has 0 heterocycles. The van der Waals surface area contributed by atoms with Crippen LogP contribution in [0, 0.1) is 0 Å². The van der Waals surface area contributed by atoms with Crippen molar-refractivity contribution in [3.05, 3.63) is 11.6 Å². The molecule has 0 spiro atoms. The van der Waals surface area contributed by atoms with E-state index in [2.05, 4.69) is 12.2 Å². The van der Waals surface area contributed by atoms with Gasteiger partial charge in [-0.05, 0) is 19.8 Å². The molecule has 0 aliphatic carbocycles. The summed E-state index contributed by atoms with van der Waals surface area (Å²) in [5, 5.41) is 2.61. The summed E-state index contributed by atoms with van der Waals surface area (Å²) < 4.78 is 0. The van der Waals surface area contributed by atoms with Gasteiger partial charge in [-0.2, -0.15) is 0 Å². The molecule has 0 aliphatic heterocycles. The Balaban J connectivity index is 4.23. The molecule has 0 atom stereocenters.